The third kappa shape index (κ3) is 10.9. The quantitative estimate of drug-likeness (QED) is 0.0340. The summed E-state index contributed by atoms with van der Waals surface area (Å²) in [6, 6.07) is 27.6. The fraction of sp³-hybridized carbons (Fsp3) is 0.455. The number of aliphatic hydroxyl groups is 2. The van der Waals surface area contributed by atoms with Crippen LogP contribution < -0.4 is 9.47 Å². The van der Waals surface area contributed by atoms with Crippen LogP contribution >= 0.6 is 11.8 Å². The summed E-state index contributed by atoms with van der Waals surface area (Å²) in [6.45, 7) is 9.25. The third-order valence-corrected chi connectivity index (χ3v) is 14.5. The lowest BCUT2D eigenvalue weighted by atomic mass is 9.55. The van der Waals surface area contributed by atoms with Crippen LogP contribution in [0, 0.1) is 17.8 Å². The van der Waals surface area contributed by atoms with Gasteiger partial charge < -0.3 is 38.7 Å². The number of hydrogen-bond donors (Lipinski definition) is 2. The van der Waals surface area contributed by atoms with Gasteiger partial charge in [0.2, 0.25) is 12.1 Å². The fourth-order valence-corrected chi connectivity index (χ4v) is 11.0. The van der Waals surface area contributed by atoms with Crippen molar-refractivity contribution in [3.8, 4) is 17.2 Å². The van der Waals surface area contributed by atoms with Crippen LogP contribution in [0.15, 0.2) is 132 Å². The highest BCUT2D eigenvalue weighted by Gasteiger charge is 2.66. The van der Waals surface area contributed by atoms with Crippen molar-refractivity contribution in [2.24, 2.45) is 22.9 Å². The molecule has 1 saturated carbocycles. The molecule has 12 heteroatoms. The van der Waals surface area contributed by atoms with Gasteiger partial charge in [-0.25, -0.2) is 4.79 Å². The Morgan fingerprint density at radius 1 is 0.940 bits per heavy atom. The number of benzene rings is 4. The predicted molar refractivity (Wildman–Crippen MR) is 264 cm³/mol. The lowest BCUT2D eigenvalue weighted by molar-refractivity contribution is -0.256. The number of allylic oxidation sites excluding steroid dienone is 1. The van der Waals surface area contributed by atoms with Crippen LogP contribution in [-0.2, 0) is 25.6 Å². The molecular formula is C55H66N2O9S. The average molecular weight is 931 g/mol. The second-order valence-electron chi connectivity index (χ2n) is 17.9. The first-order valence-electron chi connectivity index (χ1n) is 24.1. The normalized spacial score (nSPS) is 24.7. The van der Waals surface area contributed by atoms with Crippen LogP contribution in [0.2, 0.25) is 0 Å². The SMILES string of the molecule is C=CCCOC(=O)N(Cc1cccc2ccccc12)C1CC(=NOC2CCCCO2)C2=CC(CCCCO)C(CCCCO)C3c4cc(Oc5ccc(SC)cc5)ccc4OC1(OCC=C)C23. The van der Waals surface area contributed by atoms with E-state index in [1.807, 2.05) is 42.5 Å². The van der Waals surface area contributed by atoms with Crippen molar-refractivity contribution in [3.05, 3.63) is 133 Å². The summed E-state index contributed by atoms with van der Waals surface area (Å²) >= 11 is 1.68. The standard InChI is InChI=1S/C55H66N2O9S/c1-4-6-32-62-54(60)57(37-40-19-15-18-38-16-7-8-20-44(38)40)50-36-48(56-66-51-22-11-14-33-61-51)46-34-39(17-9-12-29-58)45(21-10-13-30-59)52-47-35-42(64-41-23-26-43(67-3)27-24-41)25-28-49(47)65-55(50,53(46)52)63-31-5-2/h4-5,7-8,15-16,18-20,23-28,34-35,39,45,50-53,58-59H,1-2,6,9-14,17,21-22,29-33,36-37H2,3H3. The van der Waals surface area contributed by atoms with Gasteiger partial charge in [-0.1, -0.05) is 78.7 Å². The van der Waals surface area contributed by atoms with E-state index >= 15 is 4.79 Å². The molecule has 0 bridgehead atoms. The van der Waals surface area contributed by atoms with Crippen LogP contribution in [-0.4, -0.2) is 84.3 Å². The Morgan fingerprint density at radius 3 is 2.49 bits per heavy atom. The Kier molecular flexibility index (Phi) is 16.8. The number of hydrogen-bond acceptors (Lipinski definition) is 11. The second kappa shape index (κ2) is 23.3. The minimum atomic E-state index is -1.47. The summed E-state index contributed by atoms with van der Waals surface area (Å²) in [5.41, 5.74) is 3.56. The molecule has 67 heavy (non-hydrogen) atoms. The molecule has 2 aliphatic heterocycles. The van der Waals surface area contributed by atoms with Gasteiger partial charge in [0.1, 0.15) is 23.3 Å². The van der Waals surface area contributed by atoms with E-state index in [9.17, 15) is 10.2 Å². The molecule has 4 aromatic carbocycles. The molecule has 0 radical (unpaired) electrons. The van der Waals surface area contributed by atoms with Gasteiger partial charge in [-0.15, -0.1) is 24.9 Å². The number of thioether (sulfide) groups is 1. The third-order valence-electron chi connectivity index (χ3n) is 13.7. The van der Waals surface area contributed by atoms with Crippen molar-refractivity contribution in [2.45, 2.75) is 106 Å². The number of rotatable bonds is 22. The van der Waals surface area contributed by atoms with Gasteiger partial charge in [-0.3, -0.25) is 4.90 Å². The number of amides is 1. The summed E-state index contributed by atoms with van der Waals surface area (Å²) in [5, 5.41) is 27.2. The molecule has 7 atom stereocenters. The largest absolute Gasteiger partial charge is 0.459 e. The number of oxime groups is 1. The van der Waals surface area contributed by atoms with Crippen molar-refractivity contribution in [3.63, 3.8) is 0 Å². The van der Waals surface area contributed by atoms with E-state index in [0.717, 1.165) is 83.1 Å². The van der Waals surface area contributed by atoms with Crippen molar-refractivity contribution in [2.75, 3.05) is 39.3 Å². The summed E-state index contributed by atoms with van der Waals surface area (Å²) in [7, 11) is 0. The summed E-state index contributed by atoms with van der Waals surface area (Å²) in [5.74, 6) is -0.0748. The summed E-state index contributed by atoms with van der Waals surface area (Å²) < 4.78 is 33.5. The highest BCUT2D eigenvalue weighted by Crippen LogP contribution is 2.62. The van der Waals surface area contributed by atoms with Gasteiger partial charge in [0, 0.05) is 42.4 Å². The van der Waals surface area contributed by atoms with Crippen molar-refractivity contribution < 1.29 is 43.5 Å². The Morgan fingerprint density at radius 2 is 1.73 bits per heavy atom. The average Bonchev–Trinajstić information content (AvgIpc) is 3.36. The molecule has 4 aromatic rings. The second-order valence-corrected chi connectivity index (χ2v) is 18.8. The van der Waals surface area contributed by atoms with Gasteiger partial charge in [0.05, 0.1) is 38.0 Å². The predicted octanol–water partition coefficient (Wildman–Crippen LogP) is 11.7. The number of carbonyl (C=O) groups is 1. The van der Waals surface area contributed by atoms with E-state index < -0.39 is 30.1 Å². The smallest absolute Gasteiger partial charge is 0.410 e. The van der Waals surface area contributed by atoms with Gasteiger partial charge in [-0.05, 0) is 127 Å². The summed E-state index contributed by atoms with van der Waals surface area (Å²) in [4.78, 5) is 24.3. The number of aliphatic hydroxyl groups excluding tert-OH is 2. The Bertz CT molecular complexity index is 2360. The number of nitrogens with zero attached hydrogens (tertiary/aromatic N) is 2. The minimum absolute atomic E-state index is 0.0399. The first-order chi connectivity index (χ1) is 32.9. The minimum Gasteiger partial charge on any atom is -0.459 e. The topological polar surface area (TPSA) is 129 Å². The molecule has 4 aliphatic rings. The van der Waals surface area contributed by atoms with Gasteiger partial charge in [0.15, 0.2) is 0 Å². The molecule has 2 fully saturated rings. The molecule has 2 N–H and O–H groups in total. The maximum Gasteiger partial charge on any atom is 0.410 e. The zero-order chi connectivity index (χ0) is 46.6. The van der Waals surface area contributed by atoms with Crippen LogP contribution in [0.25, 0.3) is 10.8 Å². The zero-order valence-electron chi connectivity index (χ0n) is 38.8. The monoisotopic (exact) mass is 930 g/mol. The van der Waals surface area contributed by atoms with Gasteiger partial charge in [0.25, 0.3) is 0 Å². The molecule has 1 amide bonds. The fourth-order valence-electron chi connectivity index (χ4n) is 10.6. The van der Waals surface area contributed by atoms with Gasteiger partial charge >= 0.3 is 6.09 Å². The molecule has 8 rings (SSSR count). The highest BCUT2D eigenvalue weighted by molar-refractivity contribution is 7.98. The first-order valence-corrected chi connectivity index (χ1v) is 25.3. The molecule has 0 aromatic heterocycles. The van der Waals surface area contributed by atoms with Crippen LogP contribution in [0.1, 0.15) is 87.7 Å². The van der Waals surface area contributed by atoms with E-state index in [2.05, 4.69) is 68.0 Å². The molecule has 2 aliphatic carbocycles. The molecule has 356 valence electrons. The lowest BCUT2D eigenvalue weighted by Crippen LogP contribution is -2.70. The van der Waals surface area contributed by atoms with E-state index in [0.29, 0.717) is 43.1 Å². The number of fused-ring (bicyclic) bond motifs is 3. The molecule has 7 unspecified atom stereocenters. The molecule has 1 saturated heterocycles. The van der Waals surface area contributed by atoms with E-state index in [4.69, 9.17) is 33.7 Å². The Labute approximate surface area is 399 Å². The van der Waals surface area contributed by atoms with Crippen molar-refractivity contribution in [1.29, 1.82) is 0 Å². The highest BCUT2D eigenvalue weighted by atomic mass is 32.2. The van der Waals surface area contributed by atoms with Crippen LogP contribution in [0.5, 0.6) is 17.2 Å². The van der Waals surface area contributed by atoms with E-state index in [1.165, 1.54) is 0 Å². The molecule has 11 nitrogen and oxygen atoms in total. The zero-order valence-corrected chi connectivity index (χ0v) is 39.6. The van der Waals surface area contributed by atoms with Crippen LogP contribution in [0.4, 0.5) is 4.79 Å². The Balaban J connectivity index is 1.34. The molecule has 2 heterocycles. The first kappa shape index (κ1) is 48.4. The van der Waals surface area contributed by atoms with Crippen molar-refractivity contribution >= 4 is 34.3 Å². The van der Waals surface area contributed by atoms with Crippen LogP contribution in [0.3, 0.4) is 0 Å². The number of carbonyl (C=O) groups excluding carboxylic acids is 1. The maximum atomic E-state index is 15.0. The number of unbranched alkanes of at least 4 members (excludes halogenated alkanes) is 2. The van der Waals surface area contributed by atoms with E-state index in [1.54, 1.807) is 28.8 Å². The van der Waals surface area contributed by atoms with E-state index in [-0.39, 0.29) is 57.1 Å². The van der Waals surface area contributed by atoms with Crippen molar-refractivity contribution in [1.82, 2.24) is 4.90 Å². The Hall–Kier alpha value is -5.11. The number of ether oxygens (including phenoxy) is 5. The summed E-state index contributed by atoms with van der Waals surface area (Å²) in [6.07, 6.45) is 14.8. The molecule has 0 spiro atoms. The van der Waals surface area contributed by atoms with Gasteiger partial charge in [-0.2, -0.15) is 0 Å². The lowest BCUT2D eigenvalue weighted by Gasteiger charge is -2.60. The molecular weight excluding hydrogens is 865 g/mol. The maximum absolute atomic E-state index is 15.0.